The predicted molar refractivity (Wildman–Crippen MR) is 83.2 cm³/mol. The summed E-state index contributed by atoms with van der Waals surface area (Å²) in [7, 11) is 1.60. The molecule has 108 valence electrons. The molecule has 0 bridgehead atoms. The zero-order valence-corrected chi connectivity index (χ0v) is 12.6. The molecular formula is C17H19N3O. The van der Waals surface area contributed by atoms with Crippen LogP contribution < -0.4 is 10.1 Å². The first-order valence-corrected chi connectivity index (χ1v) is 6.80. The van der Waals surface area contributed by atoms with Crippen molar-refractivity contribution in [3.63, 3.8) is 0 Å². The lowest BCUT2D eigenvalue weighted by Gasteiger charge is -2.16. The van der Waals surface area contributed by atoms with Crippen LogP contribution in [0.4, 0.5) is 5.69 Å². The van der Waals surface area contributed by atoms with E-state index in [4.69, 9.17) is 10.00 Å². The summed E-state index contributed by atoms with van der Waals surface area (Å²) in [6.07, 6.45) is 1.79. The van der Waals surface area contributed by atoms with E-state index in [1.807, 2.05) is 50.2 Å². The van der Waals surface area contributed by atoms with E-state index in [2.05, 4.69) is 16.4 Å². The summed E-state index contributed by atoms with van der Waals surface area (Å²) >= 11 is 0. The molecule has 4 nitrogen and oxygen atoms in total. The summed E-state index contributed by atoms with van der Waals surface area (Å²) in [4.78, 5) is 4.17. The Morgan fingerprint density at radius 1 is 1.19 bits per heavy atom. The highest BCUT2D eigenvalue weighted by molar-refractivity contribution is 5.47. The molecule has 0 atom stereocenters. The number of methoxy groups -OCH3 is 1. The Hall–Kier alpha value is -2.54. The third-order valence-electron chi connectivity index (χ3n) is 3.39. The summed E-state index contributed by atoms with van der Waals surface area (Å²) in [5.41, 5.74) is 2.65. The molecule has 0 spiro atoms. The van der Waals surface area contributed by atoms with Gasteiger partial charge in [0.1, 0.15) is 0 Å². The number of hydrogen-bond acceptors (Lipinski definition) is 4. The number of ether oxygens (including phenoxy) is 1. The standard InChI is InChI=1S/C17H19N3O/c1-17(2,12-18)14-5-7-15(8-6-14)19-10-13-4-9-16(21-3)20-11-13/h4-9,11,19H,10H2,1-3H3. The molecule has 1 aromatic heterocycles. The van der Waals surface area contributed by atoms with Gasteiger partial charge in [-0.1, -0.05) is 18.2 Å². The van der Waals surface area contributed by atoms with Crippen molar-refractivity contribution < 1.29 is 4.74 Å². The van der Waals surface area contributed by atoms with Gasteiger partial charge in [0.2, 0.25) is 5.88 Å². The third-order valence-corrected chi connectivity index (χ3v) is 3.39. The maximum absolute atomic E-state index is 9.13. The van der Waals surface area contributed by atoms with Crippen LogP contribution in [-0.2, 0) is 12.0 Å². The molecule has 1 aromatic carbocycles. The number of anilines is 1. The Bertz CT molecular complexity index is 625. The fourth-order valence-corrected chi connectivity index (χ4v) is 1.91. The zero-order valence-electron chi connectivity index (χ0n) is 12.6. The number of hydrogen-bond donors (Lipinski definition) is 1. The van der Waals surface area contributed by atoms with Crippen LogP contribution in [0.15, 0.2) is 42.6 Å². The molecular weight excluding hydrogens is 262 g/mol. The smallest absolute Gasteiger partial charge is 0.212 e. The second kappa shape index (κ2) is 6.27. The quantitative estimate of drug-likeness (QED) is 0.911. The largest absolute Gasteiger partial charge is 0.481 e. The Balaban J connectivity index is 1.99. The van der Waals surface area contributed by atoms with Crippen molar-refractivity contribution in [3.8, 4) is 11.9 Å². The van der Waals surface area contributed by atoms with Crippen molar-refractivity contribution in [1.82, 2.24) is 4.98 Å². The highest BCUT2D eigenvalue weighted by Crippen LogP contribution is 2.23. The summed E-state index contributed by atoms with van der Waals surface area (Å²) < 4.78 is 5.03. The van der Waals surface area contributed by atoms with Crippen molar-refractivity contribution in [2.24, 2.45) is 0 Å². The molecule has 0 aliphatic heterocycles. The van der Waals surface area contributed by atoms with Gasteiger partial charge >= 0.3 is 0 Å². The highest BCUT2D eigenvalue weighted by atomic mass is 16.5. The van der Waals surface area contributed by atoms with Crippen molar-refractivity contribution in [3.05, 3.63) is 53.7 Å². The maximum atomic E-state index is 9.13. The first-order chi connectivity index (χ1) is 10.0. The van der Waals surface area contributed by atoms with Crippen molar-refractivity contribution in [2.45, 2.75) is 25.8 Å². The SMILES string of the molecule is COc1ccc(CNc2ccc(C(C)(C)C#N)cc2)cn1. The number of aromatic nitrogens is 1. The van der Waals surface area contributed by atoms with E-state index < -0.39 is 5.41 Å². The van der Waals surface area contributed by atoms with E-state index in [1.165, 1.54) is 0 Å². The molecule has 0 radical (unpaired) electrons. The maximum Gasteiger partial charge on any atom is 0.212 e. The minimum Gasteiger partial charge on any atom is -0.481 e. The summed E-state index contributed by atoms with van der Waals surface area (Å²) in [6.45, 7) is 4.52. The van der Waals surface area contributed by atoms with Gasteiger partial charge < -0.3 is 10.1 Å². The lowest BCUT2D eigenvalue weighted by Crippen LogP contribution is -2.13. The molecule has 0 aliphatic carbocycles. The van der Waals surface area contributed by atoms with Crippen LogP contribution in [0.2, 0.25) is 0 Å². The monoisotopic (exact) mass is 281 g/mol. The Labute approximate surface area is 125 Å². The molecule has 1 N–H and O–H groups in total. The molecule has 2 aromatic rings. The van der Waals surface area contributed by atoms with Crippen LogP contribution in [0.3, 0.4) is 0 Å². The van der Waals surface area contributed by atoms with E-state index in [0.717, 1.165) is 16.8 Å². The average molecular weight is 281 g/mol. The number of benzene rings is 1. The van der Waals surface area contributed by atoms with Crippen molar-refractivity contribution in [2.75, 3.05) is 12.4 Å². The zero-order chi connectivity index (χ0) is 15.3. The van der Waals surface area contributed by atoms with Gasteiger partial charge in [-0.15, -0.1) is 0 Å². The van der Waals surface area contributed by atoms with E-state index in [1.54, 1.807) is 13.3 Å². The first kappa shape index (κ1) is 14.9. The lowest BCUT2D eigenvalue weighted by molar-refractivity contribution is 0.397. The number of nitrogens with one attached hydrogen (secondary N) is 1. The van der Waals surface area contributed by atoms with Gasteiger partial charge in [-0.2, -0.15) is 5.26 Å². The van der Waals surface area contributed by atoms with Crippen LogP contribution in [0.5, 0.6) is 5.88 Å². The summed E-state index contributed by atoms with van der Waals surface area (Å²) in [5, 5.41) is 12.5. The van der Waals surface area contributed by atoms with Gasteiger partial charge in [0.05, 0.1) is 18.6 Å². The Morgan fingerprint density at radius 3 is 2.43 bits per heavy atom. The number of rotatable bonds is 5. The molecule has 0 saturated heterocycles. The molecule has 0 amide bonds. The lowest BCUT2D eigenvalue weighted by atomic mass is 9.86. The summed E-state index contributed by atoms with van der Waals surface area (Å²) in [5.74, 6) is 0.613. The molecule has 2 rings (SSSR count). The van der Waals surface area contributed by atoms with Crippen LogP contribution >= 0.6 is 0 Å². The second-order valence-corrected chi connectivity index (χ2v) is 5.38. The molecule has 0 fully saturated rings. The van der Waals surface area contributed by atoms with Gasteiger partial charge in [0.25, 0.3) is 0 Å². The molecule has 0 saturated carbocycles. The van der Waals surface area contributed by atoms with E-state index in [9.17, 15) is 0 Å². The number of pyridine rings is 1. The minimum atomic E-state index is -0.460. The third kappa shape index (κ3) is 3.73. The van der Waals surface area contributed by atoms with Gasteiger partial charge in [0.15, 0.2) is 0 Å². The van der Waals surface area contributed by atoms with Crippen LogP contribution in [0.25, 0.3) is 0 Å². The number of nitrogens with zero attached hydrogens (tertiary/aromatic N) is 2. The van der Waals surface area contributed by atoms with Crippen molar-refractivity contribution in [1.29, 1.82) is 5.26 Å². The van der Waals surface area contributed by atoms with E-state index in [-0.39, 0.29) is 0 Å². The molecule has 0 aliphatic rings. The molecule has 0 unspecified atom stereocenters. The van der Waals surface area contributed by atoms with Gasteiger partial charge in [-0.25, -0.2) is 4.98 Å². The van der Waals surface area contributed by atoms with Crippen molar-refractivity contribution >= 4 is 5.69 Å². The Kier molecular flexibility index (Phi) is 4.44. The normalized spacial score (nSPS) is 10.8. The molecule has 21 heavy (non-hydrogen) atoms. The molecule has 4 heteroatoms. The van der Waals surface area contributed by atoms with Gasteiger partial charge in [0, 0.05) is 24.5 Å². The minimum absolute atomic E-state index is 0.460. The fourth-order valence-electron chi connectivity index (χ4n) is 1.91. The van der Waals surface area contributed by atoms with Gasteiger partial charge in [-0.05, 0) is 37.1 Å². The van der Waals surface area contributed by atoms with Crippen LogP contribution in [0.1, 0.15) is 25.0 Å². The topological polar surface area (TPSA) is 57.9 Å². The number of nitriles is 1. The fraction of sp³-hybridized carbons (Fsp3) is 0.294. The van der Waals surface area contributed by atoms with Gasteiger partial charge in [-0.3, -0.25) is 0 Å². The Morgan fingerprint density at radius 2 is 1.90 bits per heavy atom. The van der Waals surface area contributed by atoms with E-state index in [0.29, 0.717) is 12.4 Å². The second-order valence-electron chi connectivity index (χ2n) is 5.38. The van der Waals surface area contributed by atoms with E-state index >= 15 is 0 Å². The van der Waals surface area contributed by atoms with Crippen LogP contribution in [0, 0.1) is 11.3 Å². The van der Waals surface area contributed by atoms with Crippen LogP contribution in [-0.4, -0.2) is 12.1 Å². The summed E-state index contributed by atoms with van der Waals surface area (Å²) in [6, 6.07) is 14.1. The average Bonchev–Trinajstić information content (AvgIpc) is 2.54. The predicted octanol–water partition coefficient (Wildman–Crippen LogP) is 3.50. The first-order valence-electron chi connectivity index (χ1n) is 6.80. The highest BCUT2D eigenvalue weighted by Gasteiger charge is 2.18. The molecule has 1 heterocycles.